The maximum atomic E-state index is 10.6. The number of carbonyl (C=O) groups excluding carboxylic acids is 1. The normalized spacial score (nSPS) is 9.62. The number of amides is 1. The van der Waals surface area contributed by atoms with Crippen LogP contribution < -0.4 is 5.32 Å². The summed E-state index contributed by atoms with van der Waals surface area (Å²) in [6.07, 6.45) is 0. The van der Waals surface area contributed by atoms with Crippen LogP contribution in [-0.2, 0) is 11.3 Å². The van der Waals surface area contributed by atoms with Gasteiger partial charge >= 0.3 is 0 Å². The fraction of sp³-hybridized carbons (Fsp3) is 0.222. The zero-order chi connectivity index (χ0) is 9.84. The number of hydrogen-bond donors (Lipinski definition) is 3. The average Bonchev–Trinajstić information content (AvgIpc) is 2.02. The molecule has 0 aliphatic carbocycles. The number of benzene rings is 1. The third-order valence-corrected chi connectivity index (χ3v) is 1.60. The Bertz CT molecular complexity index is 323. The molecule has 70 valence electrons. The monoisotopic (exact) mass is 181 g/mol. The van der Waals surface area contributed by atoms with Gasteiger partial charge in [0.1, 0.15) is 11.5 Å². The van der Waals surface area contributed by atoms with Crippen LogP contribution in [0.25, 0.3) is 0 Å². The molecule has 4 nitrogen and oxygen atoms in total. The lowest BCUT2D eigenvalue weighted by molar-refractivity contribution is -0.119. The van der Waals surface area contributed by atoms with Gasteiger partial charge in [0.25, 0.3) is 0 Å². The summed E-state index contributed by atoms with van der Waals surface area (Å²) in [6, 6.07) is 4.24. The Balaban J connectivity index is 2.72. The van der Waals surface area contributed by atoms with E-state index in [0.717, 1.165) is 0 Å². The molecule has 0 radical (unpaired) electrons. The summed E-state index contributed by atoms with van der Waals surface area (Å²) in [7, 11) is 0. The second-order valence-electron chi connectivity index (χ2n) is 2.72. The Kier molecular flexibility index (Phi) is 2.74. The van der Waals surface area contributed by atoms with Crippen LogP contribution in [0.1, 0.15) is 12.5 Å². The summed E-state index contributed by atoms with van der Waals surface area (Å²) in [5, 5.41) is 20.8. The second kappa shape index (κ2) is 3.80. The predicted octanol–water partition coefficient (Wildman–Crippen LogP) is 0.734. The molecular weight excluding hydrogens is 170 g/mol. The Morgan fingerprint density at radius 3 is 2.69 bits per heavy atom. The van der Waals surface area contributed by atoms with Crippen molar-refractivity contribution >= 4 is 5.91 Å². The van der Waals surface area contributed by atoms with Crippen LogP contribution in [0.3, 0.4) is 0 Å². The van der Waals surface area contributed by atoms with Gasteiger partial charge in [-0.15, -0.1) is 0 Å². The molecule has 0 saturated carbocycles. The van der Waals surface area contributed by atoms with Gasteiger partial charge in [0.05, 0.1) is 0 Å². The molecule has 0 aliphatic heterocycles. The third-order valence-electron chi connectivity index (χ3n) is 1.60. The molecule has 3 N–H and O–H groups in total. The number of phenolic OH excluding ortho intramolecular Hbond substituents is 2. The summed E-state index contributed by atoms with van der Waals surface area (Å²) >= 11 is 0. The molecule has 0 bridgehead atoms. The molecule has 0 heterocycles. The molecule has 4 heteroatoms. The van der Waals surface area contributed by atoms with Crippen molar-refractivity contribution in [2.75, 3.05) is 0 Å². The van der Waals surface area contributed by atoms with Crippen LogP contribution in [0, 0.1) is 0 Å². The van der Waals surface area contributed by atoms with Gasteiger partial charge in [0, 0.05) is 25.1 Å². The minimum Gasteiger partial charge on any atom is -0.508 e. The van der Waals surface area contributed by atoms with Crippen molar-refractivity contribution in [1.29, 1.82) is 0 Å². The molecule has 1 amide bonds. The fourth-order valence-electron chi connectivity index (χ4n) is 0.921. The molecule has 0 unspecified atom stereocenters. The van der Waals surface area contributed by atoms with Gasteiger partial charge in [-0.05, 0) is 12.1 Å². The van der Waals surface area contributed by atoms with Crippen molar-refractivity contribution in [3.05, 3.63) is 23.8 Å². The van der Waals surface area contributed by atoms with E-state index in [2.05, 4.69) is 5.32 Å². The highest BCUT2D eigenvalue weighted by Crippen LogP contribution is 2.21. The predicted molar refractivity (Wildman–Crippen MR) is 47.3 cm³/mol. The van der Waals surface area contributed by atoms with Gasteiger partial charge in [-0.3, -0.25) is 4.79 Å². The van der Waals surface area contributed by atoms with E-state index >= 15 is 0 Å². The lowest BCUT2D eigenvalue weighted by Crippen LogP contribution is -2.18. The Morgan fingerprint density at radius 1 is 1.46 bits per heavy atom. The molecular formula is C9H11NO3. The van der Waals surface area contributed by atoms with Gasteiger partial charge in [-0.1, -0.05) is 0 Å². The molecule has 1 aromatic carbocycles. The lowest BCUT2D eigenvalue weighted by Gasteiger charge is -2.04. The molecule has 0 spiro atoms. The van der Waals surface area contributed by atoms with Crippen LogP contribution in [0.5, 0.6) is 11.5 Å². The van der Waals surface area contributed by atoms with Crippen molar-refractivity contribution in [2.24, 2.45) is 0 Å². The van der Waals surface area contributed by atoms with E-state index < -0.39 is 0 Å². The molecule has 0 aliphatic rings. The Labute approximate surface area is 75.8 Å². The second-order valence-corrected chi connectivity index (χ2v) is 2.72. The minimum atomic E-state index is -0.160. The van der Waals surface area contributed by atoms with E-state index in [4.69, 9.17) is 5.11 Å². The number of phenols is 2. The number of rotatable bonds is 2. The van der Waals surface area contributed by atoms with E-state index in [1.54, 1.807) is 6.07 Å². The highest BCUT2D eigenvalue weighted by molar-refractivity contribution is 5.72. The molecule has 0 saturated heterocycles. The number of aromatic hydroxyl groups is 2. The summed E-state index contributed by atoms with van der Waals surface area (Å²) in [4.78, 5) is 10.6. The largest absolute Gasteiger partial charge is 0.508 e. The van der Waals surface area contributed by atoms with Crippen molar-refractivity contribution in [3.63, 3.8) is 0 Å². The minimum absolute atomic E-state index is 0.00377. The first-order valence-electron chi connectivity index (χ1n) is 3.85. The number of hydrogen-bond acceptors (Lipinski definition) is 3. The van der Waals surface area contributed by atoms with Gasteiger partial charge < -0.3 is 15.5 Å². The first-order chi connectivity index (χ1) is 6.09. The SMILES string of the molecule is CC(=O)NCc1ccc(O)cc1O. The summed E-state index contributed by atoms with van der Waals surface area (Å²) < 4.78 is 0. The van der Waals surface area contributed by atoms with Gasteiger partial charge in [-0.25, -0.2) is 0 Å². The molecule has 1 aromatic rings. The number of carbonyl (C=O) groups is 1. The highest BCUT2D eigenvalue weighted by atomic mass is 16.3. The topological polar surface area (TPSA) is 69.6 Å². The van der Waals surface area contributed by atoms with E-state index in [9.17, 15) is 9.90 Å². The Morgan fingerprint density at radius 2 is 2.15 bits per heavy atom. The zero-order valence-electron chi connectivity index (χ0n) is 7.24. The zero-order valence-corrected chi connectivity index (χ0v) is 7.24. The fourth-order valence-corrected chi connectivity index (χ4v) is 0.921. The summed E-state index contributed by atoms with van der Waals surface area (Å²) in [5.41, 5.74) is 0.577. The highest BCUT2D eigenvalue weighted by Gasteiger charge is 2.01. The molecule has 0 atom stereocenters. The van der Waals surface area contributed by atoms with E-state index in [1.165, 1.54) is 19.1 Å². The van der Waals surface area contributed by atoms with Crippen LogP contribution in [0.2, 0.25) is 0 Å². The van der Waals surface area contributed by atoms with Gasteiger partial charge in [0.15, 0.2) is 0 Å². The van der Waals surface area contributed by atoms with Crippen LogP contribution >= 0.6 is 0 Å². The summed E-state index contributed by atoms with van der Waals surface area (Å²) in [6.45, 7) is 1.67. The van der Waals surface area contributed by atoms with Crippen LogP contribution in [0.15, 0.2) is 18.2 Å². The van der Waals surface area contributed by atoms with E-state index in [0.29, 0.717) is 5.56 Å². The quantitative estimate of drug-likeness (QED) is 0.630. The van der Waals surface area contributed by atoms with Crippen molar-refractivity contribution in [3.8, 4) is 11.5 Å². The molecule has 0 fully saturated rings. The van der Waals surface area contributed by atoms with Crippen molar-refractivity contribution < 1.29 is 15.0 Å². The first kappa shape index (κ1) is 9.38. The molecule has 0 aromatic heterocycles. The van der Waals surface area contributed by atoms with Gasteiger partial charge in [-0.2, -0.15) is 0 Å². The smallest absolute Gasteiger partial charge is 0.217 e. The summed E-state index contributed by atoms with van der Waals surface area (Å²) in [5.74, 6) is -0.176. The molecule has 13 heavy (non-hydrogen) atoms. The average molecular weight is 181 g/mol. The van der Waals surface area contributed by atoms with Crippen molar-refractivity contribution in [1.82, 2.24) is 5.32 Å². The van der Waals surface area contributed by atoms with Crippen LogP contribution in [0.4, 0.5) is 0 Å². The first-order valence-corrected chi connectivity index (χ1v) is 3.85. The third kappa shape index (κ3) is 2.66. The van der Waals surface area contributed by atoms with E-state index in [-0.39, 0.29) is 24.0 Å². The Hall–Kier alpha value is -1.71. The van der Waals surface area contributed by atoms with Crippen LogP contribution in [-0.4, -0.2) is 16.1 Å². The van der Waals surface area contributed by atoms with Gasteiger partial charge in [0.2, 0.25) is 5.91 Å². The lowest BCUT2D eigenvalue weighted by atomic mass is 10.2. The number of nitrogens with one attached hydrogen (secondary N) is 1. The maximum Gasteiger partial charge on any atom is 0.217 e. The standard InChI is InChI=1S/C9H11NO3/c1-6(11)10-5-7-2-3-8(12)4-9(7)13/h2-4,12-13H,5H2,1H3,(H,10,11). The molecule has 1 rings (SSSR count). The maximum absolute atomic E-state index is 10.6. The van der Waals surface area contributed by atoms with E-state index in [1.807, 2.05) is 0 Å². The van der Waals surface area contributed by atoms with Crippen molar-refractivity contribution in [2.45, 2.75) is 13.5 Å².